The molecule has 0 aromatic rings. The predicted molar refractivity (Wildman–Crippen MR) is 52.9 cm³/mol. The van der Waals surface area contributed by atoms with Crippen LogP contribution in [0, 0.1) is 0 Å². The Labute approximate surface area is 76.1 Å². The summed E-state index contributed by atoms with van der Waals surface area (Å²) in [4.78, 5) is 1.72. The minimum atomic E-state index is 0.610. The fourth-order valence-electron chi connectivity index (χ4n) is 0.852. The first kappa shape index (κ1) is 11.9. The van der Waals surface area contributed by atoms with Crippen LogP contribution in [0.5, 0.6) is 0 Å². The Morgan fingerprint density at radius 3 is 2.42 bits per heavy atom. The van der Waals surface area contributed by atoms with Crippen molar-refractivity contribution < 1.29 is 0 Å². The van der Waals surface area contributed by atoms with Crippen molar-refractivity contribution in [3.05, 3.63) is 0 Å². The lowest BCUT2D eigenvalue weighted by atomic mass is 10.3. The Morgan fingerprint density at radius 1 is 1.08 bits per heavy atom. The van der Waals surface area contributed by atoms with Crippen molar-refractivity contribution in [2.45, 2.75) is 6.42 Å². The van der Waals surface area contributed by atoms with Gasteiger partial charge in [0.25, 0.3) is 0 Å². The van der Waals surface area contributed by atoms with Gasteiger partial charge in [-0.25, -0.2) is 0 Å². The molecule has 70 valence electrons. The Kier molecular flexibility index (Phi) is 8.93. The zero-order chi connectivity index (χ0) is 9.23. The van der Waals surface area contributed by atoms with Crippen LogP contribution in [0.4, 0.5) is 0 Å². The third kappa shape index (κ3) is 8.01. The molecule has 0 saturated heterocycles. The normalized spacial score (nSPS) is 10.9. The number of nitrogens with two attached hydrogens (primary N) is 2. The first-order chi connectivity index (χ1) is 5.81. The van der Waals surface area contributed by atoms with Gasteiger partial charge in [0.15, 0.2) is 7.98 Å². The number of nitrogens with one attached hydrogen (secondary N) is 1. The topological polar surface area (TPSA) is 67.3 Å². The third-order valence-corrected chi connectivity index (χ3v) is 1.55. The molecule has 0 aliphatic rings. The molecule has 0 aromatic heterocycles. The summed E-state index contributed by atoms with van der Waals surface area (Å²) in [6.07, 6.45) is 1.02. The van der Waals surface area contributed by atoms with Crippen molar-refractivity contribution in [3.8, 4) is 0 Å². The van der Waals surface area contributed by atoms with E-state index in [0.29, 0.717) is 6.54 Å². The molecular formula is C7H19BN4. The van der Waals surface area contributed by atoms with Gasteiger partial charge in [-0.05, 0) is 32.6 Å². The van der Waals surface area contributed by atoms with Gasteiger partial charge < -0.3 is 21.6 Å². The van der Waals surface area contributed by atoms with Crippen LogP contribution >= 0.6 is 0 Å². The lowest BCUT2D eigenvalue weighted by Crippen LogP contribution is -2.34. The maximum atomic E-state index is 5.59. The average molecular weight is 170 g/mol. The zero-order valence-corrected chi connectivity index (χ0v) is 7.63. The molecule has 5 N–H and O–H groups in total. The average Bonchev–Trinajstić information content (AvgIpc) is 2.05. The van der Waals surface area contributed by atoms with Crippen LogP contribution in [0.2, 0.25) is 0 Å². The van der Waals surface area contributed by atoms with E-state index in [4.69, 9.17) is 19.4 Å². The molecule has 2 radical (unpaired) electrons. The Hall–Kier alpha value is -0.0951. The summed E-state index contributed by atoms with van der Waals surface area (Å²) in [5, 5.41) is 3.23. The minimum absolute atomic E-state index is 0.610. The molecule has 5 heteroatoms. The van der Waals surface area contributed by atoms with E-state index < -0.39 is 0 Å². The monoisotopic (exact) mass is 170 g/mol. The van der Waals surface area contributed by atoms with Crippen LogP contribution in [0.1, 0.15) is 6.42 Å². The Bertz CT molecular complexity index is 91.5. The van der Waals surface area contributed by atoms with Gasteiger partial charge in [0.1, 0.15) is 0 Å². The SMILES string of the molecule is [B]N(CCN)CCNCCCN. The first-order valence-electron chi connectivity index (χ1n) is 4.41. The minimum Gasteiger partial charge on any atom is -0.351 e. The molecule has 0 fully saturated rings. The summed E-state index contributed by atoms with van der Waals surface area (Å²) in [6, 6.07) is 0. The highest BCUT2D eigenvalue weighted by Crippen LogP contribution is 1.76. The molecule has 0 atom stereocenters. The van der Waals surface area contributed by atoms with Gasteiger partial charge in [-0.2, -0.15) is 0 Å². The molecule has 0 bridgehead atoms. The second kappa shape index (κ2) is 9.00. The fraction of sp³-hybridized carbons (Fsp3) is 1.00. The fourth-order valence-corrected chi connectivity index (χ4v) is 0.852. The number of hydrogen-bond donors (Lipinski definition) is 3. The molecule has 0 aliphatic heterocycles. The highest BCUT2D eigenvalue weighted by Gasteiger charge is 1.94. The van der Waals surface area contributed by atoms with Crippen molar-refractivity contribution in [1.29, 1.82) is 0 Å². The molecule has 0 saturated carbocycles. The summed E-state index contributed by atoms with van der Waals surface area (Å²) >= 11 is 0. The molecule has 0 spiro atoms. The molecule has 12 heavy (non-hydrogen) atoms. The second-order valence-electron chi connectivity index (χ2n) is 2.72. The van der Waals surface area contributed by atoms with Gasteiger partial charge in [0.05, 0.1) is 0 Å². The van der Waals surface area contributed by atoms with E-state index in [1.165, 1.54) is 0 Å². The molecule has 0 aromatic carbocycles. The van der Waals surface area contributed by atoms with Crippen molar-refractivity contribution >= 4 is 7.98 Å². The smallest absolute Gasteiger partial charge is 0.182 e. The van der Waals surface area contributed by atoms with E-state index in [9.17, 15) is 0 Å². The predicted octanol–water partition coefficient (Wildman–Crippen LogP) is -1.73. The maximum absolute atomic E-state index is 5.59. The molecule has 0 unspecified atom stereocenters. The second-order valence-corrected chi connectivity index (χ2v) is 2.72. The van der Waals surface area contributed by atoms with E-state index in [2.05, 4.69) is 5.32 Å². The molecule has 0 aliphatic carbocycles. The van der Waals surface area contributed by atoms with E-state index in [0.717, 1.165) is 39.1 Å². The van der Waals surface area contributed by atoms with Crippen LogP contribution in [0.25, 0.3) is 0 Å². The first-order valence-corrected chi connectivity index (χ1v) is 4.41. The molecule has 4 nitrogen and oxygen atoms in total. The largest absolute Gasteiger partial charge is 0.351 e. The summed E-state index contributed by atoms with van der Waals surface area (Å²) in [5.41, 5.74) is 10.6. The number of hydrogen-bond acceptors (Lipinski definition) is 4. The number of nitrogens with zero attached hydrogens (tertiary/aromatic N) is 1. The van der Waals surface area contributed by atoms with Crippen molar-refractivity contribution in [1.82, 2.24) is 10.1 Å². The van der Waals surface area contributed by atoms with Crippen molar-refractivity contribution in [2.75, 3.05) is 39.3 Å². The van der Waals surface area contributed by atoms with E-state index in [1.54, 1.807) is 4.81 Å². The number of rotatable bonds is 8. The lowest BCUT2D eigenvalue weighted by Gasteiger charge is -2.15. The van der Waals surface area contributed by atoms with Crippen LogP contribution in [-0.2, 0) is 0 Å². The third-order valence-electron chi connectivity index (χ3n) is 1.55. The van der Waals surface area contributed by atoms with Crippen molar-refractivity contribution in [3.63, 3.8) is 0 Å². The highest BCUT2D eigenvalue weighted by molar-refractivity contribution is 6.04. The summed E-state index contributed by atoms with van der Waals surface area (Å²) < 4.78 is 0. The van der Waals surface area contributed by atoms with Gasteiger partial charge in [0, 0.05) is 13.1 Å². The van der Waals surface area contributed by atoms with Crippen LogP contribution in [0.3, 0.4) is 0 Å². The van der Waals surface area contributed by atoms with Gasteiger partial charge in [-0.1, -0.05) is 0 Å². The molecular weight excluding hydrogens is 151 g/mol. The van der Waals surface area contributed by atoms with Crippen LogP contribution < -0.4 is 16.8 Å². The van der Waals surface area contributed by atoms with Crippen LogP contribution in [0.15, 0.2) is 0 Å². The van der Waals surface area contributed by atoms with Crippen molar-refractivity contribution in [2.24, 2.45) is 11.5 Å². The molecule has 0 heterocycles. The van der Waals surface area contributed by atoms with E-state index in [1.807, 2.05) is 0 Å². The Morgan fingerprint density at radius 2 is 1.83 bits per heavy atom. The highest BCUT2D eigenvalue weighted by atomic mass is 15.1. The zero-order valence-electron chi connectivity index (χ0n) is 7.63. The Balaban J connectivity index is 2.97. The summed E-state index contributed by atoms with van der Waals surface area (Å²) in [6.45, 7) is 4.80. The van der Waals surface area contributed by atoms with Crippen LogP contribution in [-0.4, -0.2) is 52.1 Å². The van der Waals surface area contributed by atoms with Gasteiger partial charge in [-0.15, -0.1) is 0 Å². The quantitative estimate of drug-likeness (QED) is 0.299. The van der Waals surface area contributed by atoms with E-state index >= 15 is 0 Å². The lowest BCUT2D eigenvalue weighted by molar-refractivity contribution is 0.448. The molecule has 0 amide bonds. The van der Waals surface area contributed by atoms with E-state index in [-0.39, 0.29) is 0 Å². The standard InChI is InChI=1S/C7H19BN4/c8-12(6-3-10)7-5-11-4-1-2-9/h11H,1-7,9-10H2. The van der Waals surface area contributed by atoms with Gasteiger partial charge in [0.2, 0.25) is 0 Å². The summed E-state index contributed by atoms with van der Waals surface area (Å²) in [5.74, 6) is 0. The summed E-state index contributed by atoms with van der Waals surface area (Å²) in [7, 11) is 5.59. The van der Waals surface area contributed by atoms with Gasteiger partial charge in [-0.3, -0.25) is 0 Å². The van der Waals surface area contributed by atoms with Gasteiger partial charge >= 0.3 is 0 Å². The molecule has 0 rings (SSSR count). The maximum Gasteiger partial charge on any atom is 0.182 e.